The van der Waals surface area contributed by atoms with Gasteiger partial charge in [0.2, 0.25) is 0 Å². The summed E-state index contributed by atoms with van der Waals surface area (Å²) in [5.74, 6) is -0.141. The first kappa shape index (κ1) is 16.0. The van der Waals surface area contributed by atoms with Gasteiger partial charge in [-0.25, -0.2) is 8.42 Å². The number of sulfone groups is 1. The number of para-hydroxylation sites is 1. The van der Waals surface area contributed by atoms with E-state index >= 15 is 0 Å². The summed E-state index contributed by atoms with van der Waals surface area (Å²) in [5.41, 5.74) is 2.05. The molecule has 1 saturated heterocycles. The van der Waals surface area contributed by atoms with Gasteiger partial charge in [0.1, 0.15) is 6.04 Å². The predicted octanol–water partition coefficient (Wildman–Crippen LogP) is 0.982. The number of ether oxygens (including phenoxy) is 1. The highest BCUT2D eigenvalue weighted by molar-refractivity contribution is 7.91. The number of nitrogens with one attached hydrogen (secondary N) is 1. The average molecular weight is 336 g/mol. The maximum Gasteiger partial charge on any atom is 0.323 e. The number of methoxy groups -OCH3 is 1. The van der Waals surface area contributed by atoms with Crippen LogP contribution in [0.5, 0.6) is 0 Å². The van der Waals surface area contributed by atoms with Crippen molar-refractivity contribution in [1.82, 2.24) is 9.88 Å². The molecule has 23 heavy (non-hydrogen) atoms. The van der Waals surface area contributed by atoms with E-state index in [1.165, 1.54) is 7.11 Å². The minimum absolute atomic E-state index is 0.0916. The maximum absolute atomic E-state index is 12.2. The second-order valence-electron chi connectivity index (χ2n) is 5.79. The van der Waals surface area contributed by atoms with Crippen molar-refractivity contribution in [1.29, 1.82) is 0 Å². The van der Waals surface area contributed by atoms with Gasteiger partial charge in [-0.3, -0.25) is 9.69 Å². The molecule has 0 aliphatic carbocycles. The second-order valence-corrected chi connectivity index (χ2v) is 8.09. The molecule has 0 radical (unpaired) electrons. The van der Waals surface area contributed by atoms with Gasteiger partial charge in [0.05, 0.1) is 18.6 Å². The van der Waals surface area contributed by atoms with E-state index in [1.807, 2.05) is 35.4 Å². The average Bonchev–Trinajstić information content (AvgIpc) is 2.95. The highest BCUT2D eigenvalue weighted by Gasteiger charge is 2.32. The van der Waals surface area contributed by atoms with E-state index in [4.69, 9.17) is 4.74 Å². The molecule has 0 spiro atoms. The van der Waals surface area contributed by atoms with Gasteiger partial charge in [-0.05, 0) is 11.6 Å². The number of fused-ring (bicyclic) bond motifs is 1. The zero-order valence-corrected chi connectivity index (χ0v) is 13.8. The summed E-state index contributed by atoms with van der Waals surface area (Å²) in [6.45, 7) is 0.731. The van der Waals surface area contributed by atoms with Crippen molar-refractivity contribution >= 4 is 26.7 Å². The smallest absolute Gasteiger partial charge is 0.323 e. The molecule has 1 aromatic heterocycles. The number of hydrogen-bond acceptors (Lipinski definition) is 5. The molecule has 2 heterocycles. The number of aromatic amines is 1. The Bertz CT molecular complexity index is 798. The number of H-pyrrole nitrogens is 1. The molecule has 1 aromatic carbocycles. The van der Waals surface area contributed by atoms with Crippen LogP contribution in [-0.2, 0) is 25.8 Å². The highest BCUT2D eigenvalue weighted by atomic mass is 32.2. The lowest BCUT2D eigenvalue weighted by Crippen LogP contribution is -2.50. The van der Waals surface area contributed by atoms with E-state index in [0.717, 1.165) is 16.5 Å². The van der Waals surface area contributed by atoms with E-state index in [0.29, 0.717) is 19.5 Å². The summed E-state index contributed by atoms with van der Waals surface area (Å²) in [6.07, 6.45) is 2.40. The zero-order valence-electron chi connectivity index (χ0n) is 13.0. The maximum atomic E-state index is 12.2. The molecular formula is C16H20N2O4S. The Morgan fingerprint density at radius 3 is 2.70 bits per heavy atom. The molecular weight excluding hydrogens is 316 g/mol. The van der Waals surface area contributed by atoms with Crippen molar-refractivity contribution in [3.63, 3.8) is 0 Å². The van der Waals surface area contributed by atoms with Crippen LogP contribution in [0.1, 0.15) is 5.56 Å². The Morgan fingerprint density at radius 1 is 1.30 bits per heavy atom. The van der Waals surface area contributed by atoms with Crippen LogP contribution in [-0.4, -0.2) is 62.0 Å². The molecule has 1 aliphatic heterocycles. The zero-order chi connectivity index (χ0) is 16.4. The molecule has 6 nitrogen and oxygen atoms in total. The van der Waals surface area contributed by atoms with Gasteiger partial charge in [0.25, 0.3) is 0 Å². The van der Waals surface area contributed by atoms with Gasteiger partial charge in [0, 0.05) is 36.6 Å². The van der Waals surface area contributed by atoms with Crippen LogP contribution in [0.25, 0.3) is 10.9 Å². The van der Waals surface area contributed by atoms with E-state index in [2.05, 4.69) is 4.98 Å². The first-order valence-electron chi connectivity index (χ1n) is 7.57. The standard InChI is InChI=1S/C16H20N2O4S/c1-22-16(19)15(18-6-8-23(20,21)9-7-18)10-12-11-17-14-5-3-2-4-13(12)14/h2-5,11,15,17H,6-10H2,1H3/t15-/m0/s1. The van der Waals surface area contributed by atoms with Gasteiger partial charge in [-0.1, -0.05) is 18.2 Å². The molecule has 1 atom stereocenters. The van der Waals surface area contributed by atoms with Crippen LogP contribution in [0.4, 0.5) is 0 Å². The molecule has 3 rings (SSSR count). The molecule has 2 aromatic rings. The quantitative estimate of drug-likeness (QED) is 0.842. The molecule has 0 saturated carbocycles. The van der Waals surface area contributed by atoms with E-state index in [9.17, 15) is 13.2 Å². The number of carbonyl (C=O) groups is 1. The van der Waals surface area contributed by atoms with Crippen LogP contribution in [0.2, 0.25) is 0 Å². The lowest BCUT2D eigenvalue weighted by molar-refractivity contribution is -0.146. The van der Waals surface area contributed by atoms with Crippen molar-refractivity contribution < 1.29 is 17.9 Å². The van der Waals surface area contributed by atoms with Gasteiger partial charge >= 0.3 is 5.97 Å². The highest BCUT2D eigenvalue weighted by Crippen LogP contribution is 2.22. The number of carbonyl (C=O) groups excluding carboxylic acids is 1. The first-order chi connectivity index (χ1) is 11.0. The Morgan fingerprint density at radius 2 is 2.00 bits per heavy atom. The van der Waals surface area contributed by atoms with Crippen LogP contribution in [0.3, 0.4) is 0 Å². The summed E-state index contributed by atoms with van der Waals surface area (Å²) in [6, 6.07) is 7.45. The van der Waals surface area contributed by atoms with Gasteiger partial charge in [-0.2, -0.15) is 0 Å². The molecule has 1 aliphatic rings. The summed E-state index contributed by atoms with van der Waals surface area (Å²) in [5, 5.41) is 1.08. The number of esters is 1. The Hall–Kier alpha value is -1.86. The van der Waals surface area contributed by atoms with E-state index in [-0.39, 0.29) is 17.5 Å². The van der Waals surface area contributed by atoms with Gasteiger partial charge < -0.3 is 9.72 Å². The molecule has 1 fully saturated rings. The molecule has 1 N–H and O–H groups in total. The van der Waals surface area contributed by atoms with Gasteiger partial charge in [-0.15, -0.1) is 0 Å². The largest absolute Gasteiger partial charge is 0.468 e. The molecule has 0 unspecified atom stereocenters. The topological polar surface area (TPSA) is 79.5 Å². The SMILES string of the molecule is COC(=O)[C@H](Cc1c[nH]c2ccccc12)N1CCS(=O)(=O)CC1. The Kier molecular flexibility index (Phi) is 4.41. The number of nitrogens with zero attached hydrogens (tertiary/aromatic N) is 1. The second kappa shape index (κ2) is 6.33. The third kappa shape index (κ3) is 3.40. The van der Waals surface area contributed by atoms with Crippen molar-refractivity contribution in [3.05, 3.63) is 36.0 Å². The van der Waals surface area contributed by atoms with Crippen molar-refractivity contribution in [3.8, 4) is 0 Å². The van der Waals surface area contributed by atoms with E-state index < -0.39 is 15.9 Å². The number of hydrogen-bond donors (Lipinski definition) is 1. The first-order valence-corrected chi connectivity index (χ1v) is 9.39. The number of aromatic nitrogens is 1. The van der Waals surface area contributed by atoms with Crippen molar-refractivity contribution in [2.75, 3.05) is 31.7 Å². The van der Waals surface area contributed by atoms with E-state index in [1.54, 1.807) is 0 Å². The van der Waals surface area contributed by atoms with Crippen LogP contribution in [0, 0.1) is 0 Å². The summed E-state index contributed by atoms with van der Waals surface area (Å²) in [7, 11) is -1.61. The monoisotopic (exact) mass is 336 g/mol. The minimum Gasteiger partial charge on any atom is -0.468 e. The van der Waals surface area contributed by atoms with Crippen molar-refractivity contribution in [2.45, 2.75) is 12.5 Å². The molecule has 7 heteroatoms. The lowest BCUT2D eigenvalue weighted by Gasteiger charge is -2.32. The molecule has 0 amide bonds. The van der Waals surface area contributed by atoms with Crippen molar-refractivity contribution in [2.24, 2.45) is 0 Å². The predicted molar refractivity (Wildman–Crippen MR) is 88.0 cm³/mol. The van der Waals surface area contributed by atoms with Crippen LogP contribution in [0.15, 0.2) is 30.5 Å². The summed E-state index contributed by atoms with van der Waals surface area (Å²) < 4.78 is 28.1. The summed E-state index contributed by atoms with van der Waals surface area (Å²) in [4.78, 5) is 17.3. The third-order valence-electron chi connectivity index (χ3n) is 4.38. The number of rotatable bonds is 4. The Balaban J connectivity index is 1.84. The fourth-order valence-electron chi connectivity index (χ4n) is 3.04. The minimum atomic E-state index is -2.98. The number of benzene rings is 1. The Labute approximate surface area is 135 Å². The molecule has 0 bridgehead atoms. The van der Waals surface area contributed by atoms with Gasteiger partial charge in [0.15, 0.2) is 9.84 Å². The molecule has 124 valence electrons. The lowest BCUT2D eigenvalue weighted by atomic mass is 10.0. The normalized spacial score (nSPS) is 19.5. The van der Waals surface area contributed by atoms with Crippen LogP contribution >= 0.6 is 0 Å². The fraction of sp³-hybridized carbons (Fsp3) is 0.438. The van der Waals surface area contributed by atoms with Crippen LogP contribution < -0.4 is 0 Å². The summed E-state index contributed by atoms with van der Waals surface area (Å²) >= 11 is 0. The fourth-order valence-corrected chi connectivity index (χ4v) is 4.27. The third-order valence-corrected chi connectivity index (χ3v) is 5.99.